The quantitative estimate of drug-likeness (QED) is 0.901. The van der Waals surface area contributed by atoms with Crippen LogP contribution in [-0.4, -0.2) is 42.1 Å². The summed E-state index contributed by atoms with van der Waals surface area (Å²) in [5.74, 6) is -0.0145. The number of pyridine rings is 1. The van der Waals surface area contributed by atoms with Crippen LogP contribution in [-0.2, 0) is 9.53 Å². The van der Waals surface area contributed by atoms with E-state index in [1.807, 2.05) is 17.0 Å². The van der Waals surface area contributed by atoms with E-state index < -0.39 is 6.10 Å². The van der Waals surface area contributed by atoms with E-state index >= 15 is 0 Å². The Bertz CT molecular complexity index is 398. The number of hydrogen-bond acceptors (Lipinski definition) is 4. The summed E-state index contributed by atoms with van der Waals surface area (Å²) >= 11 is 0. The molecule has 2 atom stereocenters. The van der Waals surface area contributed by atoms with Crippen LogP contribution >= 0.6 is 12.4 Å². The fourth-order valence-corrected chi connectivity index (χ4v) is 2.45. The molecule has 2 rings (SSSR count). The summed E-state index contributed by atoms with van der Waals surface area (Å²) in [4.78, 5) is 18.2. The molecular formula is C13H20ClN3O2. The zero-order chi connectivity index (χ0) is 13.0. The zero-order valence-electron chi connectivity index (χ0n) is 11.0. The number of nitrogens with zero attached hydrogens (tertiary/aromatic N) is 2. The number of carbonyl (C=O) groups is 1. The Labute approximate surface area is 119 Å². The lowest BCUT2D eigenvalue weighted by Crippen LogP contribution is -2.43. The monoisotopic (exact) mass is 285 g/mol. The van der Waals surface area contributed by atoms with E-state index in [1.54, 1.807) is 12.4 Å². The molecule has 19 heavy (non-hydrogen) atoms. The molecule has 0 radical (unpaired) electrons. The third kappa shape index (κ3) is 3.43. The van der Waals surface area contributed by atoms with Crippen LogP contribution in [0, 0.1) is 0 Å². The average molecular weight is 286 g/mol. The van der Waals surface area contributed by atoms with Gasteiger partial charge in [0.2, 0.25) is 0 Å². The van der Waals surface area contributed by atoms with Crippen molar-refractivity contribution >= 4 is 18.3 Å². The van der Waals surface area contributed by atoms with Crippen LogP contribution in [0.1, 0.15) is 24.4 Å². The fourth-order valence-electron chi connectivity index (χ4n) is 2.45. The van der Waals surface area contributed by atoms with Gasteiger partial charge < -0.3 is 15.4 Å². The van der Waals surface area contributed by atoms with E-state index in [9.17, 15) is 4.79 Å². The Kier molecular flexibility index (Phi) is 6.21. The molecule has 6 heteroatoms. The van der Waals surface area contributed by atoms with Gasteiger partial charge in [0.25, 0.3) is 5.91 Å². The lowest BCUT2D eigenvalue weighted by Gasteiger charge is -2.28. The van der Waals surface area contributed by atoms with Crippen LogP contribution in [0.2, 0.25) is 0 Å². The van der Waals surface area contributed by atoms with Crippen molar-refractivity contribution in [2.75, 3.05) is 20.2 Å². The molecule has 1 saturated heterocycles. The van der Waals surface area contributed by atoms with Crippen molar-refractivity contribution in [1.82, 2.24) is 9.88 Å². The molecule has 0 bridgehead atoms. The van der Waals surface area contributed by atoms with Gasteiger partial charge in [-0.2, -0.15) is 0 Å². The van der Waals surface area contributed by atoms with Gasteiger partial charge in [-0.15, -0.1) is 12.4 Å². The SMILES string of the molecule is COC(CN)C(=O)N1CCCC1c1ccncc1.Cl. The number of nitrogens with two attached hydrogens (primary N) is 1. The summed E-state index contributed by atoms with van der Waals surface area (Å²) in [6, 6.07) is 4.05. The molecule has 2 unspecified atom stereocenters. The molecule has 1 aromatic heterocycles. The third-order valence-corrected chi connectivity index (χ3v) is 3.40. The maximum absolute atomic E-state index is 12.3. The molecular weight excluding hydrogens is 266 g/mol. The molecule has 106 valence electrons. The standard InChI is InChI=1S/C13H19N3O2.ClH/c1-18-12(9-14)13(17)16-8-2-3-11(16)10-4-6-15-7-5-10;/h4-7,11-12H,2-3,8-9,14H2,1H3;1H. The predicted octanol–water partition coefficient (Wildman–Crippen LogP) is 1.14. The second kappa shape index (κ2) is 7.43. The number of rotatable bonds is 4. The lowest BCUT2D eigenvalue weighted by molar-refractivity contribution is -0.142. The molecule has 1 aromatic rings. The highest BCUT2D eigenvalue weighted by atomic mass is 35.5. The fraction of sp³-hybridized carbons (Fsp3) is 0.538. The van der Waals surface area contributed by atoms with Crippen molar-refractivity contribution in [1.29, 1.82) is 0 Å². The maximum Gasteiger partial charge on any atom is 0.253 e. The summed E-state index contributed by atoms with van der Waals surface area (Å²) in [6.07, 6.45) is 4.98. The van der Waals surface area contributed by atoms with E-state index in [2.05, 4.69) is 4.98 Å². The first-order valence-electron chi connectivity index (χ1n) is 6.21. The van der Waals surface area contributed by atoms with Crippen molar-refractivity contribution in [3.63, 3.8) is 0 Å². The molecule has 0 aliphatic carbocycles. The van der Waals surface area contributed by atoms with Crippen LogP contribution in [0.5, 0.6) is 0 Å². The first-order valence-corrected chi connectivity index (χ1v) is 6.21. The van der Waals surface area contributed by atoms with Crippen molar-refractivity contribution < 1.29 is 9.53 Å². The summed E-state index contributed by atoms with van der Waals surface area (Å²) < 4.78 is 5.13. The molecule has 0 spiro atoms. The lowest BCUT2D eigenvalue weighted by atomic mass is 10.1. The van der Waals surface area contributed by atoms with Crippen LogP contribution in [0.3, 0.4) is 0 Å². The topological polar surface area (TPSA) is 68.5 Å². The molecule has 1 aliphatic rings. The Morgan fingerprint density at radius 3 is 2.84 bits per heavy atom. The Balaban J connectivity index is 0.00000180. The summed E-state index contributed by atoms with van der Waals surface area (Å²) in [7, 11) is 1.52. The van der Waals surface area contributed by atoms with Gasteiger partial charge in [0.15, 0.2) is 0 Å². The smallest absolute Gasteiger partial charge is 0.253 e. The highest BCUT2D eigenvalue weighted by Crippen LogP contribution is 2.32. The first kappa shape index (κ1) is 15.9. The van der Waals surface area contributed by atoms with E-state index in [-0.39, 0.29) is 30.9 Å². The predicted molar refractivity (Wildman–Crippen MR) is 75.0 cm³/mol. The van der Waals surface area contributed by atoms with E-state index in [1.165, 1.54) is 7.11 Å². The third-order valence-electron chi connectivity index (χ3n) is 3.40. The minimum absolute atomic E-state index is 0. The second-order valence-electron chi connectivity index (χ2n) is 4.43. The van der Waals surface area contributed by atoms with Gasteiger partial charge in [-0.25, -0.2) is 0 Å². The van der Waals surface area contributed by atoms with Crippen LogP contribution in [0.4, 0.5) is 0 Å². The van der Waals surface area contributed by atoms with Crippen molar-refractivity contribution in [3.8, 4) is 0 Å². The van der Waals surface area contributed by atoms with Crippen LogP contribution < -0.4 is 5.73 Å². The molecule has 1 amide bonds. The Hall–Kier alpha value is -1.17. The number of likely N-dealkylation sites (tertiary alicyclic amines) is 1. The first-order chi connectivity index (χ1) is 8.77. The van der Waals surface area contributed by atoms with Crippen molar-refractivity contribution in [2.45, 2.75) is 25.0 Å². The molecule has 0 aromatic carbocycles. The number of halogens is 1. The molecule has 1 aliphatic heterocycles. The second-order valence-corrected chi connectivity index (χ2v) is 4.43. The molecule has 0 saturated carbocycles. The van der Waals surface area contributed by atoms with Gasteiger partial charge in [0.1, 0.15) is 6.10 Å². The minimum Gasteiger partial charge on any atom is -0.370 e. The van der Waals surface area contributed by atoms with Crippen molar-refractivity contribution in [2.24, 2.45) is 5.73 Å². The number of amides is 1. The number of ether oxygens (including phenoxy) is 1. The largest absolute Gasteiger partial charge is 0.370 e. The summed E-state index contributed by atoms with van der Waals surface area (Å²) in [6.45, 7) is 0.987. The minimum atomic E-state index is -0.535. The van der Waals surface area contributed by atoms with E-state index in [4.69, 9.17) is 10.5 Å². The maximum atomic E-state index is 12.3. The number of hydrogen-bond donors (Lipinski definition) is 1. The van der Waals surface area contributed by atoms with Crippen LogP contribution in [0.15, 0.2) is 24.5 Å². The molecule has 2 N–H and O–H groups in total. The number of methoxy groups -OCH3 is 1. The highest BCUT2D eigenvalue weighted by Gasteiger charge is 2.33. The normalized spacial score (nSPS) is 19.9. The van der Waals surface area contributed by atoms with Gasteiger partial charge >= 0.3 is 0 Å². The summed E-state index contributed by atoms with van der Waals surface area (Å²) in [5, 5.41) is 0. The Morgan fingerprint density at radius 1 is 1.58 bits per heavy atom. The zero-order valence-corrected chi connectivity index (χ0v) is 11.8. The molecule has 5 nitrogen and oxygen atoms in total. The molecule has 2 heterocycles. The van der Waals surface area contributed by atoms with Crippen LogP contribution in [0.25, 0.3) is 0 Å². The van der Waals surface area contributed by atoms with Gasteiger partial charge in [-0.3, -0.25) is 9.78 Å². The highest BCUT2D eigenvalue weighted by molar-refractivity contribution is 5.85. The van der Waals surface area contributed by atoms with Crippen molar-refractivity contribution in [3.05, 3.63) is 30.1 Å². The van der Waals surface area contributed by atoms with E-state index in [0.717, 1.165) is 24.9 Å². The van der Waals surface area contributed by atoms with Gasteiger partial charge in [0.05, 0.1) is 6.04 Å². The van der Waals surface area contributed by atoms with E-state index in [0.29, 0.717) is 0 Å². The molecule has 1 fully saturated rings. The van der Waals surface area contributed by atoms with Gasteiger partial charge in [-0.05, 0) is 30.5 Å². The average Bonchev–Trinajstić information content (AvgIpc) is 2.90. The van der Waals surface area contributed by atoms with Gasteiger partial charge in [0, 0.05) is 32.6 Å². The Morgan fingerprint density at radius 2 is 2.26 bits per heavy atom. The number of aromatic nitrogens is 1. The van der Waals surface area contributed by atoms with Gasteiger partial charge in [-0.1, -0.05) is 0 Å². The summed E-state index contributed by atoms with van der Waals surface area (Å²) in [5.41, 5.74) is 6.68. The number of carbonyl (C=O) groups excluding carboxylic acids is 1.